The number of sulfonamides is 1. The van der Waals surface area contributed by atoms with Gasteiger partial charge in [-0.1, -0.05) is 11.6 Å². The summed E-state index contributed by atoms with van der Waals surface area (Å²) in [5, 5.41) is 12.1. The summed E-state index contributed by atoms with van der Waals surface area (Å²) in [6.45, 7) is 1.84. The van der Waals surface area contributed by atoms with Crippen molar-refractivity contribution in [3.05, 3.63) is 28.8 Å². The highest BCUT2D eigenvalue weighted by Gasteiger charge is 2.24. The number of nitrogens with one attached hydrogen (secondary N) is 1. The molecule has 1 N–H and O–H groups in total. The lowest BCUT2D eigenvalue weighted by molar-refractivity contribution is -0.117. The van der Waals surface area contributed by atoms with E-state index in [9.17, 15) is 13.2 Å². The van der Waals surface area contributed by atoms with Crippen LogP contribution in [0.1, 0.15) is 5.56 Å². The first-order valence-corrected chi connectivity index (χ1v) is 9.19. The van der Waals surface area contributed by atoms with Crippen LogP contribution in [0.2, 0.25) is 5.02 Å². The van der Waals surface area contributed by atoms with Crippen molar-refractivity contribution in [2.75, 3.05) is 44.3 Å². The molecular formula is C14H17ClN4O3S. The summed E-state index contributed by atoms with van der Waals surface area (Å²) in [6, 6.07) is 6.65. The molecule has 7 nitrogen and oxygen atoms in total. The van der Waals surface area contributed by atoms with Crippen LogP contribution in [0.3, 0.4) is 0 Å². The van der Waals surface area contributed by atoms with Crippen molar-refractivity contribution < 1.29 is 13.2 Å². The van der Waals surface area contributed by atoms with E-state index in [1.54, 1.807) is 12.1 Å². The molecule has 9 heteroatoms. The van der Waals surface area contributed by atoms with Crippen LogP contribution in [-0.2, 0) is 14.8 Å². The van der Waals surface area contributed by atoms with Gasteiger partial charge in [-0.25, -0.2) is 8.42 Å². The Labute approximate surface area is 140 Å². The predicted octanol–water partition coefficient (Wildman–Crippen LogP) is 0.727. The SMILES string of the molecule is CS(=O)(=O)N1CCN(CC(=O)Nc2cc(Cl)ccc2C#N)CC1. The van der Waals surface area contributed by atoms with Crippen molar-refractivity contribution in [3.63, 3.8) is 0 Å². The minimum absolute atomic E-state index is 0.134. The van der Waals surface area contributed by atoms with Gasteiger partial charge < -0.3 is 5.32 Å². The highest BCUT2D eigenvalue weighted by Crippen LogP contribution is 2.20. The van der Waals surface area contributed by atoms with E-state index >= 15 is 0 Å². The van der Waals surface area contributed by atoms with Crippen LogP contribution in [0.15, 0.2) is 18.2 Å². The van der Waals surface area contributed by atoms with Crippen LogP contribution in [-0.4, -0.2) is 62.5 Å². The van der Waals surface area contributed by atoms with Gasteiger partial charge in [0.15, 0.2) is 0 Å². The van der Waals surface area contributed by atoms with Crippen molar-refractivity contribution in [1.29, 1.82) is 5.26 Å². The molecule has 23 heavy (non-hydrogen) atoms. The zero-order chi connectivity index (χ0) is 17.0. The normalized spacial score (nSPS) is 16.7. The number of halogens is 1. The van der Waals surface area contributed by atoms with Crippen LogP contribution in [0.5, 0.6) is 0 Å². The number of nitrogens with zero attached hydrogens (tertiary/aromatic N) is 3. The summed E-state index contributed by atoms with van der Waals surface area (Å²) in [6.07, 6.45) is 1.18. The molecule has 1 saturated heterocycles. The van der Waals surface area contributed by atoms with Gasteiger partial charge in [0, 0.05) is 31.2 Å². The Bertz CT molecular complexity index is 737. The summed E-state index contributed by atoms with van der Waals surface area (Å²) >= 11 is 5.87. The second-order valence-electron chi connectivity index (χ2n) is 5.29. The molecule has 0 radical (unpaired) electrons. The third kappa shape index (κ3) is 4.91. The molecule has 2 rings (SSSR count). The molecule has 0 bridgehead atoms. The van der Waals surface area contributed by atoms with E-state index in [-0.39, 0.29) is 12.5 Å². The first-order chi connectivity index (χ1) is 10.8. The van der Waals surface area contributed by atoms with Crippen LogP contribution in [0.4, 0.5) is 5.69 Å². The maximum Gasteiger partial charge on any atom is 0.238 e. The van der Waals surface area contributed by atoms with Gasteiger partial charge in [0.2, 0.25) is 15.9 Å². The van der Waals surface area contributed by atoms with Crippen LogP contribution < -0.4 is 5.32 Å². The lowest BCUT2D eigenvalue weighted by atomic mass is 10.2. The van der Waals surface area contributed by atoms with Crippen molar-refractivity contribution in [1.82, 2.24) is 9.21 Å². The third-order valence-corrected chi connectivity index (χ3v) is 5.08. The van der Waals surface area contributed by atoms with Gasteiger partial charge in [-0.15, -0.1) is 0 Å². The number of carbonyl (C=O) groups is 1. The second kappa shape index (κ2) is 7.27. The second-order valence-corrected chi connectivity index (χ2v) is 7.71. The molecule has 1 aliphatic rings. The molecule has 0 atom stereocenters. The predicted molar refractivity (Wildman–Crippen MR) is 87.7 cm³/mol. The Hall–Kier alpha value is -1.66. The van der Waals surface area contributed by atoms with E-state index < -0.39 is 10.0 Å². The smallest absolute Gasteiger partial charge is 0.238 e. The number of anilines is 1. The van der Waals surface area contributed by atoms with E-state index in [0.717, 1.165) is 0 Å². The molecular weight excluding hydrogens is 340 g/mol. The molecule has 1 aromatic carbocycles. The maximum absolute atomic E-state index is 12.1. The molecule has 1 fully saturated rings. The summed E-state index contributed by atoms with van der Waals surface area (Å²) in [4.78, 5) is 14.0. The average molecular weight is 357 g/mol. The molecule has 0 saturated carbocycles. The van der Waals surface area contributed by atoms with Gasteiger partial charge in [0.25, 0.3) is 0 Å². The first-order valence-electron chi connectivity index (χ1n) is 6.96. The van der Waals surface area contributed by atoms with Gasteiger partial charge in [-0.3, -0.25) is 9.69 Å². The fourth-order valence-corrected chi connectivity index (χ4v) is 3.33. The van der Waals surface area contributed by atoms with Crippen LogP contribution in [0, 0.1) is 11.3 Å². The molecule has 0 spiro atoms. The van der Waals surface area contributed by atoms with Gasteiger partial charge in [-0.2, -0.15) is 9.57 Å². The standard InChI is InChI=1S/C14H17ClN4O3S/c1-23(21,22)19-6-4-18(5-7-19)10-14(20)17-13-8-12(15)3-2-11(13)9-16/h2-3,8H,4-7,10H2,1H3,(H,17,20). The number of rotatable bonds is 4. The van der Waals surface area contributed by atoms with Crippen LogP contribution >= 0.6 is 11.6 Å². The number of nitriles is 1. The fraction of sp³-hybridized carbons (Fsp3) is 0.429. The Balaban J connectivity index is 1.92. The highest BCUT2D eigenvalue weighted by molar-refractivity contribution is 7.88. The zero-order valence-electron chi connectivity index (χ0n) is 12.6. The Morgan fingerprint density at radius 3 is 2.57 bits per heavy atom. The molecule has 0 aromatic heterocycles. The van der Waals surface area contributed by atoms with E-state index in [2.05, 4.69) is 5.32 Å². The van der Waals surface area contributed by atoms with Crippen molar-refractivity contribution in [3.8, 4) is 6.07 Å². The van der Waals surface area contributed by atoms with Crippen molar-refractivity contribution in [2.45, 2.75) is 0 Å². The van der Waals surface area contributed by atoms with E-state index in [4.69, 9.17) is 16.9 Å². The molecule has 1 amide bonds. The first kappa shape index (κ1) is 17.7. The highest BCUT2D eigenvalue weighted by atomic mass is 35.5. The average Bonchev–Trinajstić information content (AvgIpc) is 2.47. The van der Waals surface area contributed by atoms with Gasteiger partial charge >= 0.3 is 0 Å². The van der Waals surface area contributed by atoms with Gasteiger partial charge in [-0.05, 0) is 18.2 Å². The lowest BCUT2D eigenvalue weighted by Gasteiger charge is -2.32. The topological polar surface area (TPSA) is 93.5 Å². The zero-order valence-corrected chi connectivity index (χ0v) is 14.2. The van der Waals surface area contributed by atoms with Crippen molar-refractivity contribution >= 4 is 33.2 Å². The number of amides is 1. The monoisotopic (exact) mass is 356 g/mol. The minimum atomic E-state index is -3.18. The largest absolute Gasteiger partial charge is 0.324 e. The number of carbonyl (C=O) groups excluding carboxylic acids is 1. The summed E-state index contributed by atoms with van der Waals surface area (Å²) in [7, 11) is -3.18. The molecule has 124 valence electrons. The molecule has 1 aromatic rings. The molecule has 1 aliphatic heterocycles. The molecule has 1 heterocycles. The van der Waals surface area contributed by atoms with E-state index in [1.807, 2.05) is 11.0 Å². The molecule has 0 aliphatic carbocycles. The van der Waals surface area contributed by atoms with Gasteiger partial charge in [0.05, 0.1) is 24.1 Å². The van der Waals surface area contributed by atoms with E-state index in [1.165, 1.54) is 16.6 Å². The third-order valence-electron chi connectivity index (χ3n) is 3.54. The Morgan fingerprint density at radius 1 is 1.35 bits per heavy atom. The van der Waals surface area contributed by atoms with Gasteiger partial charge in [0.1, 0.15) is 6.07 Å². The lowest BCUT2D eigenvalue weighted by Crippen LogP contribution is -2.50. The number of hydrogen-bond donors (Lipinski definition) is 1. The number of piperazine rings is 1. The van der Waals surface area contributed by atoms with Crippen LogP contribution in [0.25, 0.3) is 0 Å². The van der Waals surface area contributed by atoms with E-state index in [0.29, 0.717) is 42.5 Å². The number of hydrogen-bond acceptors (Lipinski definition) is 5. The summed E-state index contributed by atoms with van der Waals surface area (Å²) in [5.74, 6) is -0.267. The fourth-order valence-electron chi connectivity index (χ4n) is 2.33. The molecule has 0 unspecified atom stereocenters. The quantitative estimate of drug-likeness (QED) is 0.858. The summed E-state index contributed by atoms with van der Waals surface area (Å²) in [5.41, 5.74) is 0.712. The maximum atomic E-state index is 12.1. The summed E-state index contributed by atoms with van der Waals surface area (Å²) < 4.78 is 24.3. The number of benzene rings is 1. The Kier molecular flexibility index (Phi) is 5.59. The van der Waals surface area contributed by atoms with Crippen molar-refractivity contribution in [2.24, 2.45) is 0 Å². The Morgan fingerprint density at radius 2 is 2.00 bits per heavy atom. The minimum Gasteiger partial charge on any atom is -0.324 e.